The van der Waals surface area contributed by atoms with Crippen molar-refractivity contribution >= 4 is 43.2 Å². The molecule has 0 radical (unpaired) electrons. The highest BCUT2D eigenvalue weighted by molar-refractivity contribution is 7.92. The number of nitrogens with one attached hydrogen (secondary N) is 1. The number of carbonyl (C=O) groups is 1. The Morgan fingerprint density at radius 1 is 1.03 bits per heavy atom. The summed E-state index contributed by atoms with van der Waals surface area (Å²) in [4.78, 5) is 18.1. The van der Waals surface area contributed by atoms with Gasteiger partial charge >= 0.3 is 0 Å². The number of methoxy groups -OCH3 is 2. The van der Waals surface area contributed by atoms with E-state index in [-0.39, 0.29) is 4.90 Å². The van der Waals surface area contributed by atoms with Gasteiger partial charge in [-0.3, -0.25) is 9.52 Å². The summed E-state index contributed by atoms with van der Waals surface area (Å²) in [6.45, 7) is 5.14. The van der Waals surface area contributed by atoms with Crippen molar-refractivity contribution in [3.05, 3.63) is 82.2 Å². The smallest absolute Gasteiger partial charge is 0.279 e. The number of nitrogens with zero attached hydrogens (tertiary/aromatic N) is 2. The van der Waals surface area contributed by atoms with Gasteiger partial charge in [-0.05, 0) is 79.6 Å². The molecule has 4 rings (SSSR count). The first kappa shape index (κ1) is 25.6. The molecular formula is C26H27N3O5S2. The Labute approximate surface area is 213 Å². The van der Waals surface area contributed by atoms with Crippen LogP contribution < -0.4 is 14.3 Å². The molecule has 0 aliphatic rings. The molecule has 0 bridgehead atoms. The molecule has 0 saturated heterocycles. The van der Waals surface area contributed by atoms with E-state index in [1.165, 1.54) is 30.6 Å². The molecular weight excluding hydrogens is 498 g/mol. The number of carbonyl (C=O) groups excluding carboxylic acids is 1. The van der Waals surface area contributed by atoms with Gasteiger partial charge in [0.15, 0.2) is 4.80 Å². The van der Waals surface area contributed by atoms with Crippen molar-refractivity contribution in [2.45, 2.75) is 25.3 Å². The van der Waals surface area contributed by atoms with E-state index < -0.39 is 15.9 Å². The molecule has 36 heavy (non-hydrogen) atoms. The second kappa shape index (κ2) is 10.7. The van der Waals surface area contributed by atoms with Gasteiger partial charge in [0, 0.05) is 24.9 Å². The van der Waals surface area contributed by atoms with Gasteiger partial charge in [0.25, 0.3) is 15.9 Å². The Morgan fingerprint density at radius 3 is 2.36 bits per heavy atom. The van der Waals surface area contributed by atoms with Crippen LogP contribution in [0, 0.1) is 13.8 Å². The zero-order valence-corrected chi connectivity index (χ0v) is 22.1. The standard InChI is InChI=1S/C26H27N3O5S2/c1-17-15-18(2)24-23(16-17)29(13-14-33-3)26(35-24)27-25(30)19-5-7-20(8-6-19)28-36(31,32)22-11-9-21(34-4)10-12-22/h5-12,15-16,28H,13-14H2,1-4H3. The molecule has 0 spiro atoms. The first-order valence-corrected chi connectivity index (χ1v) is 13.5. The highest BCUT2D eigenvalue weighted by Gasteiger charge is 2.15. The van der Waals surface area contributed by atoms with Crippen molar-refractivity contribution in [3.63, 3.8) is 0 Å². The molecule has 1 heterocycles. The highest BCUT2D eigenvalue weighted by Crippen LogP contribution is 2.24. The highest BCUT2D eigenvalue weighted by atomic mass is 32.2. The van der Waals surface area contributed by atoms with Gasteiger partial charge in [-0.25, -0.2) is 8.42 Å². The number of hydrogen-bond donors (Lipinski definition) is 1. The summed E-state index contributed by atoms with van der Waals surface area (Å²) in [6, 6.07) is 16.5. The van der Waals surface area contributed by atoms with Crippen LogP contribution in [0.5, 0.6) is 5.75 Å². The van der Waals surface area contributed by atoms with Crippen molar-refractivity contribution in [1.29, 1.82) is 0 Å². The molecule has 188 valence electrons. The molecule has 4 aromatic rings. The number of amides is 1. The lowest BCUT2D eigenvalue weighted by Gasteiger charge is -2.09. The van der Waals surface area contributed by atoms with Crippen molar-refractivity contribution in [2.75, 3.05) is 25.5 Å². The third-order valence-corrected chi connectivity index (χ3v) is 8.21. The van der Waals surface area contributed by atoms with Crippen molar-refractivity contribution in [2.24, 2.45) is 4.99 Å². The van der Waals surface area contributed by atoms with Crippen LogP contribution >= 0.6 is 11.3 Å². The third kappa shape index (κ3) is 5.51. The minimum atomic E-state index is -3.78. The van der Waals surface area contributed by atoms with Crippen LogP contribution in [0.1, 0.15) is 21.5 Å². The number of thiazole rings is 1. The predicted molar refractivity (Wildman–Crippen MR) is 141 cm³/mol. The summed E-state index contributed by atoms with van der Waals surface area (Å²) in [7, 11) is -0.635. The van der Waals surface area contributed by atoms with E-state index in [1.54, 1.807) is 43.5 Å². The topological polar surface area (TPSA) is 99.0 Å². The Hall–Kier alpha value is -3.47. The number of anilines is 1. The Bertz CT molecular complexity index is 1570. The zero-order chi connectivity index (χ0) is 25.9. The summed E-state index contributed by atoms with van der Waals surface area (Å²) < 4.78 is 41.3. The van der Waals surface area contributed by atoms with Gasteiger partial charge in [0.2, 0.25) is 0 Å². The van der Waals surface area contributed by atoms with Gasteiger partial charge in [-0.15, -0.1) is 0 Å². The SMILES string of the molecule is COCCn1c(=NC(=O)c2ccc(NS(=O)(=O)c3ccc(OC)cc3)cc2)sc2c(C)cc(C)cc21. The summed E-state index contributed by atoms with van der Waals surface area (Å²) in [5, 5.41) is 0. The van der Waals surface area contributed by atoms with Gasteiger partial charge < -0.3 is 14.0 Å². The number of ether oxygens (including phenoxy) is 2. The average Bonchev–Trinajstić information content (AvgIpc) is 3.20. The van der Waals surface area contributed by atoms with Gasteiger partial charge in [-0.1, -0.05) is 17.4 Å². The Balaban J connectivity index is 1.60. The van der Waals surface area contributed by atoms with Crippen molar-refractivity contribution in [3.8, 4) is 5.75 Å². The van der Waals surface area contributed by atoms with Gasteiger partial charge in [0.1, 0.15) is 5.75 Å². The lowest BCUT2D eigenvalue weighted by atomic mass is 10.1. The lowest BCUT2D eigenvalue weighted by molar-refractivity contribution is 0.0997. The fraction of sp³-hybridized carbons (Fsp3) is 0.231. The van der Waals surface area contributed by atoms with Crippen LogP contribution in [0.4, 0.5) is 5.69 Å². The van der Waals surface area contributed by atoms with Crippen LogP contribution in [-0.2, 0) is 21.3 Å². The largest absolute Gasteiger partial charge is 0.497 e. The molecule has 1 amide bonds. The van der Waals surface area contributed by atoms with E-state index in [1.807, 2.05) is 18.4 Å². The molecule has 3 aromatic carbocycles. The number of aromatic nitrogens is 1. The number of hydrogen-bond acceptors (Lipinski definition) is 6. The third-order valence-electron chi connectivity index (χ3n) is 5.58. The van der Waals surface area contributed by atoms with Crippen LogP contribution in [0.25, 0.3) is 10.2 Å². The van der Waals surface area contributed by atoms with E-state index in [0.717, 1.165) is 21.3 Å². The predicted octanol–water partition coefficient (Wildman–Crippen LogP) is 4.52. The molecule has 10 heteroatoms. The molecule has 0 aliphatic carbocycles. The van der Waals surface area contributed by atoms with Crippen LogP contribution in [0.2, 0.25) is 0 Å². The maximum Gasteiger partial charge on any atom is 0.279 e. The minimum absolute atomic E-state index is 0.106. The number of sulfonamides is 1. The normalized spacial score (nSPS) is 12.2. The summed E-state index contributed by atoms with van der Waals surface area (Å²) >= 11 is 1.46. The van der Waals surface area contributed by atoms with Crippen LogP contribution in [0.15, 0.2) is 70.6 Å². The van der Waals surface area contributed by atoms with Crippen molar-refractivity contribution < 1.29 is 22.7 Å². The zero-order valence-electron chi connectivity index (χ0n) is 20.4. The molecule has 1 N–H and O–H groups in total. The fourth-order valence-electron chi connectivity index (χ4n) is 3.80. The molecule has 0 atom stereocenters. The average molecular weight is 526 g/mol. The molecule has 8 nitrogen and oxygen atoms in total. The van der Waals surface area contributed by atoms with Gasteiger partial charge in [-0.2, -0.15) is 4.99 Å². The fourth-order valence-corrected chi connectivity index (χ4v) is 5.96. The van der Waals surface area contributed by atoms with Crippen LogP contribution in [-0.4, -0.2) is 39.7 Å². The first-order valence-electron chi connectivity index (χ1n) is 11.2. The maximum atomic E-state index is 13.0. The molecule has 0 aliphatic heterocycles. The van der Waals surface area contributed by atoms with Crippen LogP contribution in [0.3, 0.4) is 0 Å². The first-order chi connectivity index (χ1) is 17.2. The Kier molecular flexibility index (Phi) is 7.58. The monoisotopic (exact) mass is 525 g/mol. The van der Waals surface area contributed by atoms with E-state index >= 15 is 0 Å². The quantitative estimate of drug-likeness (QED) is 0.365. The molecule has 1 aromatic heterocycles. The minimum Gasteiger partial charge on any atom is -0.497 e. The number of fused-ring (bicyclic) bond motifs is 1. The summed E-state index contributed by atoms with van der Waals surface area (Å²) in [5.41, 5.74) is 3.97. The number of aryl methyl sites for hydroxylation is 2. The number of benzene rings is 3. The van der Waals surface area contributed by atoms with Gasteiger partial charge in [0.05, 0.1) is 28.8 Å². The maximum absolute atomic E-state index is 13.0. The van der Waals surface area contributed by atoms with Crippen molar-refractivity contribution in [1.82, 2.24) is 4.57 Å². The molecule has 0 saturated carbocycles. The summed E-state index contributed by atoms with van der Waals surface area (Å²) in [5.74, 6) is 0.152. The number of rotatable bonds is 8. The second-order valence-electron chi connectivity index (χ2n) is 8.23. The molecule has 0 unspecified atom stereocenters. The molecule has 0 fully saturated rings. The second-order valence-corrected chi connectivity index (χ2v) is 10.9. The van der Waals surface area contributed by atoms with E-state index in [4.69, 9.17) is 9.47 Å². The van der Waals surface area contributed by atoms with E-state index in [0.29, 0.717) is 35.0 Å². The summed E-state index contributed by atoms with van der Waals surface area (Å²) in [6.07, 6.45) is 0. The Morgan fingerprint density at radius 2 is 1.72 bits per heavy atom. The van der Waals surface area contributed by atoms with E-state index in [2.05, 4.69) is 21.8 Å². The van der Waals surface area contributed by atoms with E-state index in [9.17, 15) is 13.2 Å². The lowest BCUT2D eigenvalue weighted by Crippen LogP contribution is -2.19.